The second-order valence-corrected chi connectivity index (χ2v) is 6.69. The second kappa shape index (κ2) is 7.38. The zero-order valence-electron chi connectivity index (χ0n) is 12.3. The summed E-state index contributed by atoms with van der Waals surface area (Å²) in [5.74, 6) is 2.33. The highest BCUT2D eigenvalue weighted by Crippen LogP contribution is 2.27. The lowest BCUT2D eigenvalue weighted by molar-refractivity contribution is 0.202. The Balaban J connectivity index is 2.31. The Bertz CT molecular complexity index is 191. The average molecular weight is 240 g/mol. The van der Waals surface area contributed by atoms with Gasteiger partial charge in [-0.3, -0.25) is 0 Å². The van der Waals surface area contributed by atoms with E-state index in [-0.39, 0.29) is 0 Å². The van der Waals surface area contributed by atoms with Crippen LogP contribution in [0.3, 0.4) is 0 Å². The molecule has 0 aromatic heterocycles. The van der Waals surface area contributed by atoms with Crippen LogP contribution in [0.15, 0.2) is 0 Å². The lowest BCUT2D eigenvalue weighted by atomic mass is 9.99. The highest BCUT2D eigenvalue weighted by Gasteiger charge is 2.24. The van der Waals surface area contributed by atoms with E-state index in [9.17, 15) is 0 Å². The van der Waals surface area contributed by atoms with Gasteiger partial charge in [0.2, 0.25) is 0 Å². The zero-order valence-corrected chi connectivity index (χ0v) is 12.3. The van der Waals surface area contributed by atoms with E-state index >= 15 is 0 Å². The minimum Gasteiger partial charge on any atom is -0.327 e. The Labute approximate surface area is 108 Å². The van der Waals surface area contributed by atoms with E-state index < -0.39 is 0 Å². The maximum atomic E-state index is 6.15. The van der Waals surface area contributed by atoms with Crippen molar-refractivity contribution in [2.75, 3.05) is 19.6 Å². The highest BCUT2D eigenvalue weighted by atomic mass is 15.1. The summed E-state index contributed by atoms with van der Waals surface area (Å²) in [5.41, 5.74) is 6.15. The molecule has 2 nitrogen and oxygen atoms in total. The summed E-state index contributed by atoms with van der Waals surface area (Å²) in [6.45, 7) is 13.0. The Morgan fingerprint density at radius 3 is 2.06 bits per heavy atom. The van der Waals surface area contributed by atoms with Crippen LogP contribution in [0.1, 0.15) is 53.4 Å². The fourth-order valence-corrected chi connectivity index (χ4v) is 3.06. The van der Waals surface area contributed by atoms with Crippen LogP contribution in [-0.4, -0.2) is 30.6 Å². The molecule has 102 valence electrons. The van der Waals surface area contributed by atoms with E-state index in [2.05, 4.69) is 32.6 Å². The van der Waals surface area contributed by atoms with Crippen molar-refractivity contribution in [2.24, 2.45) is 23.5 Å². The Morgan fingerprint density at radius 1 is 1.06 bits per heavy atom. The van der Waals surface area contributed by atoms with Crippen molar-refractivity contribution < 1.29 is 0 Å². The van der Waals surface area contributed by atoms with Crippen LogP contribution in [0.2, 0.25) is 0 Å². The summed E-state index contributed by atoms with van der Waals surface area (Å²) in [6, 6.07) is 0.481. The summed E-state index contributed by atoms with van der Waals surface area (Å²) < 4.78 is 0. The molecule has 2 unspecified atom stereocenters. The molecule has 17 heavy (non-hydrogen) atoms. The SMILES string of the molecule is CC(C)CN(CCC1CCCC1N)CC(C)C. The van der Waals surface area contributed by atoms with Crippen LogP contribution in [0.25, 0.3) is 0 Å². The van der Waals surface area contributed by atoms with Crippen molar-refractivity contribution >= 4 is 0 Å². The van der Waals surface area contributed by atoms with Gasteiger partial charge in [-0.05, 0) is 43.6 Å². The van der Waals surface area contributed by atoms with Gasteiger partial charge in [-0.15, -0.1) is 0 Å². The fourth-order valence-electron chi connectivity index (χ4n) is 3.06. The molecule has 0 saturated heterocycles. The summed E-state index contributed by atoms with van der Waals surface area (Å²) in [4.78, 5) is 2.64. The van der Waals surface area contributed by atoms with Gasteiger partial charge >= 0.3 is 0 Å². The van der Waals surface area contributed by atoms with Gasteiger partial charge in [0.05, 0.1) is 0 Å². The smallest absolute Gasteiger partial charge is 0.00676 e. The molecule has 2 N–H and O–H groups in total. The van der Waals surface area contributed by atoms with Gasteiger partial charge in [-0.1, -0.05) is 34.1 Å². The molecule has 2 atom stereocenters. The van der Waals surface area contributed by atoms with Gasteiger partial charge in [-0.25, -0.2) is 0 Å². The minimum atomic E-state index is 0.481. The minimum absolute atomic E-state index is 0.481. The number of nitrogens with two attached hydrogens (primary N) is 1. The first-order valence-electron chi connectivity index (χ1n) is 7.47. The summed E-state index contributed by atoms with van der Waals surface area (Å²) >= 11 is 0. The van der Waals surface area contributed by atoms with E-state index in [0.717, 1.165) is 17.8 Å². The summed E-state index contributed by atoms with van der Waals surface area (Å²) in [7, 11) is 0. The largest absolute Gasteiger partial charge is 0.327 e. The van der Waals surface area contributed by atoms with Gasteiger partial charge in [0, 0.05) is 19.1 Å². The third-order valence-electron chi connectivity index (χ3n) is 3.78. The molecule has 0 amide bonds. The lowest BCUT2D eigenvalue weighted by Gasteiger charge is -2.28. The third-order valence-corrected chi connectivity index (χ3v) is 3.78. The third kappa shape index (κ3) is 5.87. The molecule has 0 aromatic rings. The number of rotatable bonds is 7. The van der Waals surface area contributed by atoms with Crippen molar-refractivity contribution in [2.45, 2.75) is 59.4 Å². The molecule has 0 bridgehead atoms. The molecule has 1 fully saturated rings. The van der Waals surface area contributed by atoms with Gasteiger partial charge in [-0.2, -0.15) is 0 Å². The van der Waals surface area contributed by atoms with E-state index in [4.69, 9.17) is 5.73 Å². The molecule has 0 spiro atoms. The molecule has 0 heterocycles. The maximum Gasteiger partial charge on any atom is 0.00676 e. The zero-order chi connectivity index (χ0) is 12.8. The number of hydrogen-bond donors (Lipinski definition) is 1. The summed E-state index contributed by atoms with van der Waals surface area (Å²) in [5, 5.41) is 0. The van der Waals surface area contributed by atoms with E-state index in [1.165, 1.54) is 45.3 Å². The van der Waals surface area contributed by atoms with Crippen LogP contribution < -0.4 is 5.73 Å². The monoisotopic (exact) mass is 240 g/mol. The van der Waals surface area contributed by atoms with Crippen LogP contribution in [0.4, 0.5) is 0 Å². The first kappa shape index (κ1) is 15.0. The predicted molar refractivity (Wildman–Crippen MR) is 76.0 cm³/mol. The molecule has 1 rings (SSSR count). The van der Waals surface area contributed by atoms with Crippen molar-refractivity contribution in [3.8, 4) is 0 Å². The molecule has 1 aliphatic rings. The van der Waals surface area contributed by atoms with Crippen LogP contribution >= 0.6 is 0 Å². The van der Waals surface area contributed by atoms with Crippen molar-refractivity contribution in [3.63, 3.8) is 0 Å². The topological polar surface area (TPSA) is 29.3 Å². The molecule has 0 aromatic carbocycles. The van der Waals surface area contributed by atoms with Crippen LogP contribution in [0.5, 0.6) is 0 Å². The Morgan fingerprint density at radius 2 is 1.65 bits per heavy atom. The Kier molecular flexibility index (Phi) is 6.50. The molecule has 0 aliphatic heterocycles. The highest BCUT2D eigenvalue weighted by molar-refractivity contribution is 4.81. The lowest BCUT2D eigenvalue weighted by Crippen LogP contribution is -2.35. The van der Waals surface area contributed by atoms with Crippen LogP contribution in [-0.2, 0) is 0 Å². The van der Waals surface area contributed by atoms with Crippen molar-refractivity contribution in [1.29, 1.82) is 0 Å². The second-order valence-electron chi connectivity index (χ2n) is 6.69. The molecule has 1 aliphatic carbocycles. The van der Waals surface area contributed by atoms with Crippen molar-refractivity contribution in [3.05, 3.63) is 0 Å². The van der Waals surface area contributed by atoms with Gasteiger partial charge < -0.3 is 10.6 Å². The Hall–Kier alpha value is -0.0800. The molecule has 1 saturated carbocycles. The van der Waals surface area contributed by atoms with E-state index in [1.54, 1.807) is 0 Å². The molecular weight excluding hydrogens is 208 g/mol. The first-order valence-corrected chi connectivity index (χ1v) is 7.47. The molecule has 0 radical (unpaired) electrons. The van der Waals surface area contributed by atoms with Gasteiger partial charge in [0.25, 0.3) is 0 Å². The quantitative estimate of drug-likeness (QED) is 0.741. The van der Waals surface area contributed by atoms with E-state index in [1.807, 2.05) is 0 Å². The number of nitrogens with zero attached hydrogens (tertiary/aromatic N) is 1. The van der Waals surface area contributed by atoms with Gasteiger partial charge in [0.15, 0.2) is 0 Å². The van der Waals surface area contributed by atoms with Crippen molar-refractivity contribution in [1.82, 2.24) is 4.90 Å². The molecule has 2 heteroatoms. The van der Waals surface area contributed by atoms with E-state index in [0.29, 0.717) is 6.04 Å². The average Bonchev–Trinajstić information content (AvgIpc) is 2.59. The first-order chi connectivity index (χ1) is 7.99. The number of hydrogen-bond acceptors (Lipinski definition) is 2. The maximum absolute atomic E-state index is 6.15. The standard InChI is InChI=1S/C15H32N2/c1-12(2)10-17(11-13(3)4)9-8-14-6-5-7-15(14)16/h12-15H,5-11,16H2,1-4H3. The van der Waals surface area contributed by atoms with Crippen LogP contribution in [0, 0.1) is 17.8 Å². The predicted octanol–water partition coefficient (Wildman–Crippen LogP) is 3.12. The molecular formula is C15H32N2. The van der Waals surface area contributed by atoms with Gasteiger partial charge in [0.1, 0.15) is 0 Å². The summed E-state index contributed by atoms with van der Waals surface area (Å²) in [6.07, 6.45) is 5.26. The fraction of sp³-hybridized carbons (Fsp3) is 1.00. The normalized spacial score (nSPS) is 25.4.